The van der Waals surface area contributed by atoms with E-state index in [1.54, 1.807) is 4.90 Å². The number of likely N-dealkylation sites (tertiary alicyclic amines) is 1. The second-order valence-electron chi connectivity index (χ2n) is 4.78. The summed E-state index contributed by atoms with van der Waals surface area (Å²) < 4.78 is 0. The minimum Gasteiger partial charge on any atom is -0.352 e. The maximum Gasteiger partial charge on any atom is 0.243 e. The normalized spacial score (nSPS) is 24.6. The first-order valence-electron chi connectivity index (χ1n) is 6.32. The van der Waals surface area contributed by atoms with Crippen LogP contribution in [0.4, 0.5) is 0 Å². The average Bonchev–Trinajstić information content (AvgIpc) is 2.93. The molecule has 0 aromatic heterocycles. The molecule has 4 heteroatoms. The van der Waals surface area contributed by atoms with E-state index in [1.807, 2.05) is 6.92 Å². The summed E-state index contributed by atoms with van der Waals surface area (Å²) in [5, 5.41) is 2.99. The number of hydrogen-bond donors (Lipinski definition) is 1. The lowest BCUT2D eigenvalue weighted by Crippen LogP contribution is -2.46. The predicted molar refractivity (Wildman–Crippen MR) is 60.8 cm³/mol. The van der Waals surface area contributed by atoms with Crippen LogP contribution in [0.3, 0.4) is 0 Å². The van der Waals surface area contributed by atoms with Gasteiger partial charge in [-0.2, -0.15) is 0 Å². The second kappa shape index (κ2) is 4.85. The second-order valence-corrected chi connectivity index (χ2v) is 4.78. The molecule has 0 aromatic carbocycles. The van der Waals surface area contributed by atoms with Crippen LogP contribution in [0.15, 0.2) is 0 Å². The van der Waals surface area contributed by atoms with Crippen LogP contribution >= 0.6 is 0 Å². The highest BCUT2D eigenvalue weighted by Gasteiger charge is 2.35. The fourth-order valence-corrected chi connectivity index (χ4v) is 2.22. The number of nitrogens with one attached hydrogen (secondary N) is 1. The molecule has 0 aromatic rings. The van der Waals surface area contributed by atoms with Gasteiger partial charge >= 0.3 is 0 Å². The van der Waals surface area contributed by atoms with E-state index in [9.17, 15) is 9.59 Å². The number of hydrogen-bond acceptors (Lipinski definition) is 2. The molecule has 2 rings (SSSR count). The van der Waals surface area contributed by atoms with Crippen LogP contribution in [0.25, 0.3) is 0 Å². The van der Waals surface area contributed by atoms with E-state index in [-0.39, 0.29) is 17.9 Å². The molecule has 1 saturated heterocycles. The summed E-state index contributed by atoms with van der Waals surface area (Å²) in [6, 6.07) is 0.191. The van der Waals surface area contributed by atoms with Crippen LogP contribution in [0.1, 0.15) is 45.4 Å². The summed E-state index contributed by atoms with van der Waals surface area (Å²) in [7, 11) is 0. The Balaban J connectivity index is 1.90. The topological polar surface area (TPSA) is 49.4 Å². The van der Waals surface area contributed by atoms with Gasteiger partial charge in [-0.25, -0.2) is 0 Å². The molecule has 2 amide bonds. The van der Waals surface area contributed by atoms with E-state index < -0.39 is 0 Å². The molecule has 0 spiro atoms. The van der Waals surface area contributed by atoms with Crippen molar-refractivity contribution in [3.8, 4) is 0 Å². The third-order valence-corrected chi connectivity index (χ3v) is 3.26. The molecule has 1 saturated carbocycles. The first kappa shape index (κ1) is 11.4. The van der Waals surface area contributed by atoms with Crippen molar-refractivity contribution in [2.75, 3.05) is 6.54 Å². The summed E-state index contributed by atoms with van der Waals surface area (Å²) in [6.07, 6.45) is 5.40. The van der Waals surface area contributed by atoms with Gasteiger partial charge in [-0.05, 0) is 32.1 Å². The zero-order valence-corrected chi connectivity index (χ0v) is 9.87. The molecule has 0 radical (unpaired) electrons. The minimum absolute atomic E-state index is 0.0597. The van der Waals surface area contributed by atoms with Gasteiger partial charge in [0.1, 0.15) is 6.04 Å². The zero-order chi connectivity index (χ0) is 11.5. The molecule has 1 heterocycles. The quantitative estimate of drug-likeness (QED) is 0.776. The van der Waals surface area contributed by atoms with E-state index >= 15 is 0 Å². The van der Waals surface area contributed by atoms with Gasteiger partial charge in [-0.1, -0.05) is 6.92 Å². The maximum absolute atomic E-state index is 11.9. The Morgan fingerprint density at radius 1 is 1.31 bits per heavy atom. The van der Waals surface area contributed by atoms with Gasteiger partial charge in [-0.3, -0.25) is 9.59 Å². The fourth-order valence-electron chi connectivity index (χ4n) is 2.22. The van der Waals surface area contributed by atoms with E-state index in [2.05, 4.69) is 5.32 Å². The first-order valence-corrected chi connectivity index (χ1v) is 6.32. The lowest BCUT2D eigenvalue weighted by Gasteiger charge is -2.23. The summed E-state index contributed by atoms with van der Waals surface area (Å²) in [4.78, 5) is 25.5. The Bertz CT molecular complexity index is 287. The van der Waals surface area contributed by atoms with Gasteiger partial charge in [-0.15, -0.1) is 0 Å². The smallest absolute Gasteiger partial charge is 0.243 e. The van der Waals surface area contributed by atoms with Crippen molar-refractivity contribution in [2.24, 2.45) is 0 Å². The Labute approximate surface area is 96.4 Å². The molecule has 2 fully saturated rings. The van der Waals surface area contributed by atoms with Crippen LogP contribution in [0.5, 0.6) is 0 Å². The summed E-state index contributed by atoms with van der Waals surface area (Å²) >= 11 is 0. The molecule has 4 nitrogen and oxygen atoms in total. The summed E-state index contributed by atoms with van der Waals surface area (Å²) in [5.74, 6) is 0.195. The van der Waals surface area contributed by atoms with Crippen molar-refractivity contribution in [1.82, 2.24) is 10.2 Å². The maximum atomic E-state index is 11.9. The van der Waals surface area contributed by atoms with E-state index in [0.29, 0.717) is 12.5 Å². The molecule has 0 bridgehead atoms. The van der Waals surface area contributed by atoms with Crippen LogP contribution in [0.2, 0.25) is 0 Å². The van der Waals surface area contributed by atoms with Gasteiger partial charge in [0, 0.05) is 19.0 Å². The third-order valence-electron chi connectivity index (χ3n) is 3.26. The van der Waals surface area contributed by atoms with E-state index in [0.717, 1.165) is 38.6 Å². The number of amides is 2. The highest BCUT2D eigenvalue weighted by atomic mass is 16.2. The third kappa shape index (κ3) is 2.54. The number of rotatable bonds is 4. The van der Waals surface area contributed by atoms with Gasteiger partial charge in [0.05, 0.1) is 0 Å². The molecule has 1 aliphatic heterocycles. The van der Waals surface area contributed by atoms with Crippen molar-refractivity contribution in [2.45, 2.75) is 57.5 Å². The molecule has 1 atom stereocenters. The Kier molecular flexibility index (Phi) is 3.46. The van der Waals surface area contributed by atoms with E-state index in [1.165, 1.54) is 0 Å². The molecule has 16 heavy (non-hydrogen) atoms. The van der Waals surface area contributed by atoms with Gasteiger partial charge < -0.3 is 10.2 Å². The van der Waals surface area contributed by atoms with Crippen molar-refractivity contribution in [3.63, 3.8) is 0 Å². The average molecular weight is 224 g/mol. The largest absolute Gasteiger partial charge is 0.352 e. The van der Waals surface area contributed by atoms with Crippen LogP contribution < -0.4 is 5.32 Å². The van der Waals surface area contributed by atoms with Gasteiger partial charge in [0.2, 0.25) is 11.8 Å². The zero-order valence-electron chi connectivity index (χ0n) is 9.87. The molecular weight excluding hydrogens is 204 g/mol. The lowest BCUT2D eigenvalue weighted by molar-refractivity contribution is -0.138. The number of carbonyl (C=O) groups is 2. The minimum atomic E-state index is -0.195. The lowest BCUT2D eigenvalue weighted by atomic mass is 10.2. The molecular formula is C12H20N2O2. The van der Waals surface area contributed by atoms with Gasteiger partial charge in [0.15, 0.2) is 0 Å². The monoisotopic (exact) mass is 224 g/mol. The fraction of sp³-hybridized carbons (Fsp3) is 0.833. The number of nitrogens with zero attached hydrogens (tertiary/aromatic N) is 1. The molecule has 0 unspecified atom stereocenters. The highest BCUT2D eigenvalue weighted by molar-refractivity contribution is 5.88. The van der Waals surface area contributed by atoms with Crippen molar-refractivity contribution in [3.05, 3.63) is 0 Å². The summed E-state index contributed by atoms with van der Waals surface area (Å²) in [6.45, 7) is 2.74. The Morgan fingerprint density at radius 2 is 2.06 bits per heavy atom. The molecule has 1 aliphatic carbocycles. The molecule has 90 valence electrons. The van der Waals surface area contributed by atoms with Crippen LogP contribution in [0, 0.1) is 0 Å². The van der Waals surface area contributed by atoms with E-state index in [4.69, 9.17) is 0 Å². The van der Waals surface area contributed by atoms with Gasteiger partial charge in [0.25, 0.3) is 0 Å². The highest BCUT2D eigenvalue weighted by Crippen LogP contribution is 2.22. The Hall–Kier alpha value is -1.06. The predicted octanol–water partition coefficient (Wildman–Crippen LogP) is 1.06. The van der Waals surface area contributed by atoms with Crippen LogP contribution in [-0.4, -0.2) is 35.3 Å². The van der Waals surface area contributed by atoms with Crippen LogP contribution in [-0.2, 0) is 9.59 Å². The molecule has 2 aliphatic rings. The van der Waals surface area contributed by atoms with Crippen molar-refractivity contribution in [1.29, 1.82) is 0 Å². The molecule has 1 N–H and O–H groups in total. The van der Waals surface area contributed by atoms with Crippen molar-refractivity contribution < 1.29 is 9.59 Å². The van der Waals surface area contributed by atoms with Crippen molar-refractivity contribution >= 4 is 11.8 Å². The summed E-state index contributed by atoms with van der Waals surface area (Å²) in [5.41, 5.74) is 0. The first-order chi connectivity index (χ1) is 7.72. The SMILES string of the molecule is CCCC(=O)N1CCC[C@H]1C(=O)NC1CC1. The Morgan fingerprint density at radius 3 is 2.69 bits per heavy atom. The number of carbonyl (C=O) groups excluding carboxylic acids is 2. The standard InChI is InChI=1S/C12H20N2O2/c1-2-4-11(15)14-8-3-5-10(14)12(16)13-9-6-7-9/h9-10H,2-8H2,1H3,(H,13,16)/t10-/m0/s1.